The van der Waals surface area contributed by atoms with Gasteiger partial charge in [0.15, 0.2) is 0 Å². The third-order valence-corrected chi connectivity index (χ3v) is 5.29. The van der Waals surface area contributed by atoms with Crippen molar-refractivity contribution in [2.75, 3.05) is 17.8 Å². The van der Waals surface area contributed by atoms with E-state index in [4.69, 9.17) is 5.73 Å². The van der Waals surface area contributed by atoms with Crippen LogP contribution < -0.4 is 16.4 Å². The SMILES string of the molecule is CSCCC(NC(N)=O)C(=O)NC1CCSc2ccccc21. The van der Waals surface area contributed by atoms with Gasteiger partial charge in [0.05, 0.1) is 6.04 Å². The first-order valence-electron chi connectivity index (χ1n) is 7.19. The highest BCUT2D eigenvalue weighted by atomic mass is 32.2. The zero-order chi connectivity index (χ0) is 15.9. The molecule has 3 amide bonds. The monoisotopic (exact) mass is 339 g/mol. The summed E-state index contributed by atoms with van der Waals surface area (Å²) < 4.78 is 0. The number of urea groups is 1. The van der Waals surface area contributed by atoms with Crippen LogP contribution in [0.25, 0.3) is 0 Å². The Morgan fingerprint density at radius 1 is 1.45 bits per heavy atom. The summed E-state index contributed by atoms with van der Waals surface area (Å²) in [5, 5.41) is 5.59. The van der Waals surface area contributed by atoms with E-state index in [1.165, 1.54) is 4.90 Å². The number of nitrogens with two attached hydrogens (primary N) is 1. The van der Waals surface area contributed by atoms with E-state index in [9.17, 15) is 9.59 Å². The standard InChI is InChI=1S/C15H21N3O2S2/c1-21-8-6-12(18-15(16)20)14(19)17-11-7-9-22-13-5-3-2-4-10(11)13/h2-5,11-12H,6-9H2,1H3,(H,17,19)(H3,16,18,20). The molecule has 0 saturated heterocycles. The van der Waals surface area contributed by atoms with Gasteiger partial charge in [-0.1, -0.05) is 18.2 Å². The van der Waals surface area contributed by atoms with Crippen LogP contribution in [0.4, 0.5) is 4.79 Å². The topological polar surface area (TPSA) is 84.2 Å². The summed E-state index contributed by atoms with van der Waals surface area (Å²) in [5.41, 5.74) is 6.32. The summed E-state index contributed by atoms with van der Waals surface area (Å²) in [4.78, 5) is 24.8. The lowest BCUT2D eigenvalue weighted by Gasteiger charge is -2.27. The molecule has 4 N–H and O–H groups in total. The molecule has 2 unspecified atom stereocenters. The van der Waals surface area contributed by atoms with Crippen molar-refractivity contribution >= 4 is 35.5 Å². The predicted octanol–water partition coefficient (Wildman–Crippen LogP) is 2.13. The average molecular weight is 339 g/mol. The van der Waals surface area contributed by atoms with Gasteiger partial charge in [0.25, 0.3) is 0 Å². The zero-order valence-corrected chi connectivity index (χ0v) is 14.1. The molecule has 0 saturated carbocycles. The fourth-order valence-corrected chi connectivity index (χ4v) is 4.04. The number of primary amides is 1. The number of benzene rings is 1. The van der Waals surface area contributed by atoms with Crippen molar-refractivity contribution in [1.29, 1.82) is 0 Å². The van der Waals surface area contributed by atoms with Crippen molar-refractivity contribution in [3.05, 3.63) is 29.8 Å². The van der Waals surface area contributed by atoms with Crippen molar-refractivity contribution in [3.63, 3.8) is 0 Å². The van der Waals surface area contributed by atoms with E-state index in [1.807, 2.05) is 36.2 Å². The van der Waals surface area contributed by atoms with E-state index >= 15 is 0 Å². The fraction of sp³-hybridized carbons (Fsp3) is 0.467. The molecule has 1 heterocycles. The van der Waals surface area contributed by atoms with Gasteiger partial charge in [-0.3, -0.25) is 4.79 Å². The van der Waals surface area contributed by atoms with Crippen LogP contribution in [0.3, 0.4) is 0 Å². The van der Waals surface area contributed by atoms with E-state index in [2.05, 4.69) is 16.7 Å². The van der Waals surface area contributed by atoms with Gasteiger partial charge in [-0.05, 0) is 36.5 Å². The lowest BCUT2D eigenvalue weighted by atomic mass is 10.0. The number of nitrogens with one attached hydrogen (secondary N) is 2. The van der Waals surface area contributed by atoms with Gasteiger partial charge in [0, 0.05) is 10.6 Å². The minimum Gasteiger partial charge on any atom is -0.352 e. The number of carbonyl (C=O) groups is 2. The van der Waals surface area contributed by atoms with Crippen LogP contribution in [-0.4, -0.2) is 35.7 Å². The van der Waals surface area contributed by atoms with Crippen LogP contribution in [0.15, 0.2) is 29.2 Å². The molecule has 0 bridgehead atoms. The largest absolute Gasteiger partial charge is 0.352 e. The average Bonchev–Trinajstić information content (AvgIpc) is 2.51. The Labute approximate surface area is 139 Å². The van der Waals surface area contributed by atoms with E-state index in [1.54, 1.807) is 11.8 Å². The molecule has 7 heteroatoms. The van der Waals surface area contributed by atoms with Crippen LogP contribution >= 0.6 is 23.5 Å². The van der Waals surface area contributed by atoms with Gasteiger partial charge in [-0.25, -0.2) is 4.79 Å². The van der Waals surface area contributed by atoms with Gasteiger partial charge < -0.3 is 16.4 Å². The Morgan fingerprint density at radius 3 is 2.95 bits per heavy atom. The molecule has 0 radical (unpaired) electrons. The first-order chi connectivity index (χ1) is 10.6. The first-order valence-corrected chi connectivity index (χ1v) is 9.56. The van der Waals surface area contributed by atoms with E-state index < -0.39 is 12.1 Å². The lowest BCUT2D eigenvalue weighted by molar-refractivity contribution is -0.123. The van der Waals surface area contributed by atoms with E-state index in [0.717, 1.165) is 23.5 Å². The predicted molar refractivity (Wildman–Crippen MR) is 92.2 cm³/mol. The number of amides is 3. The molecular formula is C15H21N3O2S2. The van der Waals surface area contributed by atoms with Gasteiger partial charge in [0.2, 0.25) is 5.91 Å². The van der Waals surface area contributed by atoms with Crippen molar-refractivity contribution in [1.82, 2.24) is 10.6 Å². The minimum absolute atomic E-state index is 0.00333. The molecule has 5 nitrogen and oxygen atoms in total. The fourth-order valence-electron chi connectivity index (χ4n) is 2.44. The van der Waals surface area contributed by atoms with Gasteiger partial charge >= 0.3 is 6.03 Å². The summed E-state index contributed by atoms with van der Waals surface area (Å²) in [6.07, 6.45) is 3.42. The number of fused-ring (bicyclic) bond motifs is 1. The van der Waals surface area contributed by atoms with Crippen LogP contribution in [0.5, 0.6) is 0 Å². The quantitative estimate of drug-likeness (QED) is 0.741. The highest BCUT2D eigenvalue weighted by Gasteiger charge is 2.26. The number of hydrogen-bond donors (Lipinski definition) is 3. The van der Waals surface area contributed by atoms with Gasteiger partial charge in [0.1, 0.15) is 6.04 Å². The van der Waals surface area contributed by atoms with E-state index in [-0.39, 0.29) is 11.9 Å². The lowest BCUT2D eigenvalue weighted by Crippen LogP contribution is -2.49. The molecule has 120 valence electrons. The summed E-state index contributed by atoms with van der Waals surface area (Å²) in [7, 11) is 0. The molecule has 0 fully saturated rings. The van der Waals surface area contributed by atoms with Crippen molar-refractivity contribution in [2.45, 2.75) is 29.8 Å². The van der Waals surface area contributed by atoms with Gasteiger partial charge in [-0.2, -0.15) is 11.8 Å². The molecule has 2 rings (SSSR count). The highest BCUT2D eigenvalue weighted by Crippen LogP contribution is 2.35. The Hall–Kier alpha value is -1.34. The number of hydrogen-bond acceptors (Lipinski definition) is 4. The maximum atomic E-state index is 12.5. The molecular weight excluding hydrogens is 318 g/mol. The third kappa shape index (κ3) is 4.58. The zero-order valence-electron chi connectivity index (χ0n) is 12.5. The Morgan fingerprint density at radius 2 is 2.23 bits per heavy atom. The highest BCUT2D eigenvalue weighted by molar-refractivity contribution is 7.99. The van der Waals surface area contributed by atoms with Crippen molar-refractivity contribution in [3.8, 4) is 0 Å². The van der Waals surface area contributed by atoms with Crippen LogP contribution in [-0.2, 0) is 4.79 Å². The summed E-state index contributed by atoms with van der Waals surface area (Å²) >= 11 is 3.44. The second kappa shape index (κ2) is 8.33. The number of thioether (sulfide) groups is 2. The molecule has 0 spiro atoms. The molecule has 1 aliphatic rings. The Balaban J connectivity index is 2.05. The molecule has 1 aromatic carbocycles. The number of rotatable bonds is 6. The van der Waals surface area contributed by atoms with Crippen LogP contribution in [0, 0.1) is 0 Å². The second-order valence-corrected chi connectivity index (χ2v) is 7.20. The third-order valence-electron chi connectivity index (χ3n) is 3.52. The number of carbonyl (C=O) groups excluding carboxylic acids is 2. The van der Waals surface area contributed by atoms with Crippen molar-refractivity contribution < 1.29 is 9.59 Å². The van der Waals surface area contributed by atoms with Crippen LogP contribution in [0.2, 0.25) is 0 Å². The second-order valence-electron chi connectivity index (χ2n) is 5.08. The molecule has 1 aromatic rings. The molecule has 0 aliphatic carbocycles. The molecule has 2 atom stereocenters. The minimum atomic E-state index is -0.666. The first kappa shape index (κ1) is 17.0. The molecule has 1 aliphatic heterocycles. The Bertz CT molecular complexity index is 539. The maximum absolute atomic E-state index is 12.5. The summed E-state index contributed by atoms with van der Waals surface area (Å²) in [6.45, 7) is 0. The van der Waals surface area contributed by atoms with Gasteiger partial charge in [-0.15, -0.1) is 11.8 Å². The van der Waals surface area contributed by atoms with E-state index in [0.29, 0.717) is 6.42 Å². The van der Waals surface area contributed by atoms with Crippen molar-refractivity contribution in [2.24, 2.45) is 5.73 Å². The normalized spacial score (nSPS) is 18.1. The molecule has 22 heavy (non-hydrogen) atoms. The van der Waals surface area contributed by atoms with Crippen LogP contribution in [0.1, 0.15) is 24.4 Å². The maximum Gasteiger partial charge on any atom is 0.312 e. The summed E-state index contributed by atoms with van der Waals surface area (Å²) in [5.74, 6) is 1.59. The smallest absolute Gasteiger partial charge is 0.312 e. The summed E-state index contributed by atoms with van der Waals surface area (Å²) in [6, 6.07) is 6.86. The Kier molecular flexibility index (Phi) is 6.45. The molecule has 0 aromatic heterocycles.